The molecule has 0 bridgehead atoms. The first-order valence-corrected chi connectivity index (χ1v) is 6.35. The molecule has 4 nitrogen and oxygen atoms in total. The van der Waals surface area contributed by atoms with Crippen LogP contribution in [0.25, 0.3) is 32.3 Å². The third-order valence-corrected chi connectivity index (χ3v) is 3.70. The number of nitro benzene ring substituents is 1. The highest BCUT2D eigenvalue weighted by Gasteiger charge is 2.16. The van der Waals surface area contributed by atoms with Crippen molar-refractivity contribution in [1.29, 1.82) is 0 Å². The topological polar surface area (TPSA) is 60.2 Å². The monoisotopic (exact) mass is 277 g/mol. The molecule has 0 spiro atoms. The molecule has 4 aromatic rings. The molecule has 0 atom stereocenters. The van der Waals surface area contributed by atoms with Crippen molar-refractivity contribution in [3.05, 3.63) is 64.7 Å². The van der Waals surface area contributed by atoms with Crippen molar-refractivity contribution >= 4 is 44.8 Å². The minimum absolute atomic E-state index is 0.172. The third kappa shape index (κ3) is 1.80. The summed E-state index contributed by atoms with van der Waals surface area (Å²) < 4.78 is 0. The number of carbonyl (C=O) groups is 1. The molecule has 21 heavy (non-hydrogen) atoms. The summed E-state index contributed by atoms with van der Waals surface area (Å²) in [6.45, 7) is 2.00. The van der Waals surface area contributed by atoms with Crippen molar-refractivity contribution in [2.24, 2.45) is 0 Å². The molecule has 4 heteroatoms. The van der Waals surface area contributed by atoms with Gasteiger partial charge in [0.15, 0.2) is 0 Å². The van der Waals surface area contributed by atoms with Crippen LogP contribution in [0.15, 0.2) is 54.6 Å². The van der Waals surface area contributed by atoms with Crippen molar-refractivity contribution in [3.63, 3.8) is 0 Å². The highest BCUT2D eigenvalue weighted by Crippen LogP contribution is 2.38. The summed E-state index contributed by atoms with van der Waals surface area (Å²) in [5, 5.41) is 17.3. The Labute approximate surface area is 120 Å². The molecule has 0 aliphatic rings. The van der Waals surface area contributed by atoms with E-state index in [1.807, 2.05) is 49.3 Å². The summed E-state index contributed by atoms with van der Waals surface area (Å²) in [4.78, 5) is 18.8. The molecule has 0 heterocycles. The number of rotatable bonds is 1. The van der Waals surface area contributed by atoms with Gasteiger partial charge in [-0.2, -0.15) is 0 Å². The highest BCUT2D eigenvalue weighted by molar-refractivity contribution is 6.24. The highest BCUT2D eigenvalue weighted by atomic mass is 16.6. The molecule has 102 valence electrons. The average Bonchev–Trinajstić information content (AvgIpc) is 2.54. The molecule has 4 aromatic carbocycles. The number of carbonyl (C=O) groups excluding carboxylic acids is 1. The molecule has 0 aliphatic carbocycles. The largest absolute Gasteiger partial charge is 0.307 e. The third-order valence-electron chi connectivity index (χ3n) is 3.70. The Morgan fingerprint density at radius 2 is 1.29 bits per heavy atom. The van der Waals surface area contributed by atoms with E-state index in [1.54, 1.807) is 6.07 Å². The van der Waals surface area contributed by atoms with Crippen LogP contribution in [0.5, 0.6) is 0 Å². The van der Waals surface area contributed by atoms with Crippen LogP contribution in [0.2, 0.25) is 0 Å². The van der Waals surface area contributed by atoms with Gasteiger partial charge in [-0.05, 0) is 33.7 Å². The quantitative estimate of drug-likeness (QED) is 0.296. The van der Waals surface area contributed by atoms with Gasteiger partial charge in [-0.3, -0.25) is 10.1 Å². The van der Waals surface area contributed by atoms with Crippen LogP contribution in [0.4, 0.5) is 5.69 Å². The fraction of sp³-hybridized carbons (Fsp3) is 0. The molecule has 0 aliphatic heterocycles. The van der Waals surface area contributed by atoms with Crippen LogP contribution in [0, 0.1) is 10.1 Å². The van der Waals surface area contributed by atoms with Crippen LogP contribution in [0.1, 0.15) is 0 Å². The van der Waals surface area contributed by atoms with Crippen LogP contribution < -0.4 is 0 Å². The van der Waals surface area contributed by atoms with Crippen molar-refractivity contribution in [1.82, 2.24) is 0 Å². The molecule has 0 radical (unpaired) electrons. The second kappa shape index (κ2) is 4.83. The average molecular weight is 277 g/mol. The Kier molecular flexibility index (Phi) is 2.99. The number of hydrogen-bond acceptors (Lipinski definition) is 3. The van der Waals surface area contributed by atoms with E-state index in [0.717, 1.165) is 26.9 Å². The first kappa shape index (κ1) is 13.0. The van der Waals surface area contributed by atoms with Gasteiger partial charge in [0.2, 0.25) is 0 Å². The Balaban J connectivity index is 0.000000636. The van der Waals surface area contributed by atoms with Gasteiger partial charge in [-0.15, -0.1) is 0 Å². The summed E-state index contributed by atoms with van der Waals surface area (Å²) in [5.74, 6) is 0. The molecule has 4 rings (SSSR count). The van der Waals surface area contributed by atoms with Crippen molar-refractivity contribution in [2.45, 2.75) is 0 Å². The lowest BCUT2D eigenvalue weighted by molar-refractivity contribution is -0.383. The predicted molar refractivity (Wildman–Crippen MR) is 83.9 cm³/mol. The first-order chi connectivity index (χ1) is 10.3. The maximum atomic E-state index is 11.2. The van der Waals surface area contributed by atoms with E-state index in [1.165, 1.54) is 0 Å². The van der Waals surface area contributed by atoms with E-state index in [9.17, 15) is 10.1 Å². The fourth-order valence-electron chi connectivity index (χ4n) is 2.88. The summed E-state index contributed by atoms with van der Waals surface area (Å²) in [6, 6.07) is 17.4. The van der Waals surface area contributed by atoms with Gasteiger partial charge in [0.05, 0.1) is 10.3 Å². The van der Waals surface area contributed by atoms with E-state index in [-0.39, 0.29) is 10.6 Å². The zero-order chi connectivity index (χ0) is 15.0. The molecule has 0 saturated heterocycles. The van der Waals surface area contributed by atoms with Crippen LogP contribution >= 0.6 is 0 Å². The van der Waals surface area contributed by atoms with E-state index in [4.69, 9.17) is 4.79 Å². The zero-order valence-corrected chi connectivity index (χ0v) is 11.1. The number of hydrogen-bond donors (Lipinski definition) is 0. The summed E-state index contributed by atoms with van der Waals surface area (Å²) in [5.41, 5.74) is 0.172. The molecular formula is C17H11NO3. The summed E-state index contributed by atoms with van der Waals surface area (Å²) in [6.07, 6.45) is 0. The Morgan fingerprint density at radius 1 is 0.762 bits per heavy atom. The summed E-state index contributed by atoms with van der Waals surface area (Å²) >= 11 is 0. The normalized spacial score (nSPS) is 10.7. The number of nitrogens with zero attached hydrogens (tertiary/aromatic N) is 1. The second-order valence-corrected chi connectivity index (χ2v) is 4.70. The lowest BCUT2D eigenvalue weighted by atomic mass is 9.94. The van der Waals surface area contributed by atoms with Gasteiger partial charge in [-0.1, -0.05) is 36.4 Å². The Hall–Kier alpha value is -3.01. The second-order valence-electron chi connectivity index (χ2n) is 4.70. The van der Waals surface area contributed by atoms with E-state index < -0.39 is 0 Å². The first-order valence-electron chi connectivity index (χ1n) is 6.35. The molecule has 0 saturated carbocycles. The minimum atomic E-state index is -0.314. The maximum Gasteiger partial charge on any atom is 0.277 e. The van der Waals surface area contributed by atoms with Gasteiger partial charge < -0.3 is 4.79 Å². The molecule has 0 amide bonds. The molecule has 0 N–H and O–H groups in total. The Morgan fingerprint density at radius 3 is 1.90 bits per heavy atom. The molecule has 0 aromatic heterocycles. The smallest absolute Gasteiger partial charge is 0.277 e. The number of non-ortho nitro benzene ring substituents is 1. The van der Waals surface area contributed by atoms with Crippen molar-refractivity contribution in [2.75, 3.05) is 0 Å². The molecular weight excluding hydrogens is 266 g/mol. The Bertz CT molecular complexity index is 946. The fourth-order valence-corrected chi connectivity index (χ4v) is 2.88. The van der Waals surface area contributed by atoms with E-state index >= 15 is 0 Å². The van der Waals surface area contributed by atoms with Gasteiger partial charge in [0.1, 0.15) is 6.79 Å². The molecule has 0 unspecified atom stereocenters. The summed E-state index contributed by atoms with van der Waals surface area (Å²) in [7, 11) is 0. The zero-order valence-electron chi connectivity index (χ0n) is 11.1. The lowest BCUT2D eigenvalue weighted by Gasteiger charge is -2.10. The van der Waals surface area contributed by atoms with E-state index in [0.29, 0.717) is 5.39 Å². The van der Waals surface area contributed by atoms with Gasteiger partial charge in [-0.25, -0.2) is 0 Å². The van der Waals surface area contributed by atoms with Crippen LogP contribution in [-0.2, 0) is 4.79 Å². The predicted octanol–water partition coefficient (Wildman–Crippen LogP) is 4.31. The van der Waals surface area contributed by atoms with Gasteiger partial charge >= 0.3 is 0 Å². The van der Waals surface area contributed by atoms with Crippen LogP contribution in [0.3, 0.4) is 0 Å². The standard InChI is InChI=1S/C16H9NO2.CH2O/c18-17(19)14-9-7-12-5-4-10-2-1-3-11-6-8-13(14)16(12)15(10)11;1-2/h1-9H;1H2. The van der Waals surface area contributed by atoms with Gasteiger partial charge in [0, 0.05) is 11.5 Å². The van der Waals surface area contributed by atoms with Crippen molar-refractivity contribution < 1.29 is 9.72 Å². The number of benzene rings is 4. The molecule has 0 fully saturated rings. The maximum absolute atomic E-state index is 11.2. The van der Waals surface area contributed by atoms with Crippen LogP contribution in [-0.4, -0.2) is 11.7 Å². The minimum Gasteiger partial charge on any atom is -0.307 e. The lowest BCUT2D eigenvalue weighted by Crippen LogP contribution is -1.91. The van der Waals surface area contributed by atoms with Gasteiger partial charge in [0.25, 0.3) is 5.69 Å². The SMILES string of the molecule is C=O.O=[N+]([O-])c1ccc2ccc3cccc4ccc1c2c34. The van der Waals surface area contributed by atoms with Crippen molar-refractivity contribution in [3.8, 4) is 0 Å². The number of nitro groups is 1. The van der Waals surface area contributed by atoms with E-state index in [2.05, 4.69) is 6.07 Å².